The summed E-state index contributed by atoms with van der Waals surface area (Å²) in [7, 11) is 0. The van der Waals surface area contributed by atoms with Crippen molar-refractivity contribution in [2.75, 3.05) is 6.61 Å². The monoisotopic (exact) mass is 397 g/mol. The van der Waals surface area contributed by atoms with Crippen molar-refractivity contribution in [3.05, 3.63) is 75.5 Å². The van der Waals surface area contributed by atoms with Gasteiger partial charge in [-0.15, -0.1) is 0 Å². The van der Waals surface area contributed by atoms with Gasteiger partial charge in [0.05, 0.1) is 12.0 Å². The largest absolute Gasteiger partial charge is 0.462 e. The zero-order valence-corrected chi connectivity index (χ0v) is 16.1. The summed E-state index contributed by atoms with van der Waals surface area (Å²) in [5.74, 6) is -1.45. The topological polar surface area (TPSA) is 90.3 Å². The smallest absolute Gasteiger partial charge is 0.343 e. The number of amides is 1. The van der Waals surface area contributed by atoms with E-state index in [1.807, 2.05) is 0 Å². The van der Waals surface area contributed by atoms with Gasteiger partial charge in [-0.25, -0.2) is 14.2 Å². The van der Waals surface area contributed by atoms with Gasteiger partial charge in [-0.1, -0.05) is 12.1 Å². The zero-order chi connectivity index (χ0) is 21.0. The molecule has 0 saturated heterocycles. The van der Waals surface area contributed by atoms with Crippen LogP contribution in [0.15, 0.2) is 47.4 Å². The van der Waals surface area contributed by atoms with E-state index in [2.05, 4.69) is 10.3 Å². The summed E-state index contributed by atoms with van der Waals surface area (Å²) in [4.78, 5) is 41.6. The molecule has 0 radical (unpaired) electrons. The number of pyridine rings is 2. The Labute approximate surface area is 166 Å². The summed E-state index contributed by atoms with van der Waals surface area (Å²) in [5.41, 5.74) is 1.07. The highest BCUT2D eigenvalue weighted by molar-refractivity contribution is 5.93. The molecular formula is C21H20FN3O4. The fourth-order valence-electron chi connectivity index (χ4n) is 2.85. The lowest BCUT2D eigenvalue weighted by atomic mass is 10.2. The molecule has 0 spiro atoms. The summed E-state index contributed by atoms with van der Waals surface area (Å²) >= 11 is 0. The molecule has 1 aromatic carbocycles. The van der Waals surface area contributed by atoms with E-state index in [-0.39, 0.29) is 42.4 Å². The van der Waals surface area contributed by atoms with Crippen molar-refractivity contribution in [2.45, 2.75) is 26.9 Å². The van der Waals surface area contributed by atoms with Gasteiger partial charge in [-0.05, 0) is 43.7 Å². The molecule has 3 rings (SSSR count). The molecular weight excluding hydrogens is 377 g/mol. The van der Waals surface area contributed by atoms with E-state index in [9.17, 15) is 18.8 Å². The number of ether oxygens (including phenoxy) is 1. The molecule has 0 unspecified atom stereocenters. The standard InChI is InChI=1S/C21H20FN3O4/c1-3-29-21(28)17-11-25(20-16(19(17)27)9-4-13(2)24-20)12-18(26)23-10-14-5-7-15(22)8-6-14/h4-9,11H,3,10,12H2,1-2H3,(H,23,26). The van der Waals surface area contributed by atoms with Gasteiger partial charge in [-0.3, -0.25) is 9.59 Å². The Morgan fingerprint density at radius 3 is 2.59 bits per heavy atom. The number of benzene rings is 1. The summed E-state index contributed by atoms with van der Waals surface area (Å²) in [6.45, 7) is 3.60. The summed E-state index contributed by atoms with van der Waals surface area (Å²) < 4.78 is 19.4. The molecule has 8 heteroatoms. The van der Waals surface area contributed by atoms with Crippen LogP contribution >= 0.6 is 0 Å². The van der Waals surface area contributed by atoms with Crippen LogP contribution in [-0.4, -0.2) is 28.0 Å². The second-order valence-electron chi connectivity index (χ2n) is 6.45. The Morgan fingerprint density at radius 2 is 1.90 bits per heavy atom. The Balaban J connectivity index is 1.90. The Kier molecular flexibility index (Phi) is 6.01. The van der Waals surface area contributed by atoms with Crippen LogP contribution in [0.25, 0.3) is 11.0 Å². The maximum Gasteiger partial charge on any atom is 0.343 e. The number of esters is 1. The average molecular weight is 397 g/mol. The lowest BCUT2D eigenvalue weighted by Gasteiger charge is -2.13. The molecule has 0 aliphatic heterocycles. The van der Waals surface area contributed by atoms with Crippen molar-refractivity contribution in [1.29, 1.82) is 0 Å². The highest BCUT2D eigenvalue weighted by atomic mass is 19.1. The first-order valence-corrected chi connectivity index (χ1v) is 9.08. The van der Waals surface area contributed by atoms with Crippen LogP contribution in [0.2, 0.25) is 0 Å². The second-order valence-corrected chi connectivity index (χ2v) is 6.45. The molecule has 0 fully saturated rings. The highest BCUT2D eigenvalue weighted by Gasteiger charge is 2.18. The molecule has 0 aliphatic carbocycles. The van der Waals surface area contributed by atoms with Crippen LogP contribution in [-0.2, 0) is 22.6 Å². The number of aromatic nitrogens is 2. The number of carbonyl (C=O) groups is 2. The fourth-order valence-corrected chi connectivity index (χ4v) is 2.85. The van der Waals surface area contributed by atoms with Crippen LogP contribution in [0.5, 0.6) is 0 Å². The van der Waals surface area contributed by atoms with Gasteiger partial charge in [-0.2, -0.15) is 0 Å². The molecule has 1 N–H and O–H groups in total. The number of aryl methyl sites for hydroxylation is 1. The molecule has 2 aromatic heterocycles. The van der Waals surface area contributed by atoms with Crippen molar-refractivity contribution >= 4 is 22.9 Å². The summed E-state index contributed by atoms with van der Waals surface area (Å²) in [6.07, 6.45) is 1.30. The fraction of sp³-hybridized carbons (Fsp3) is 0.238. The van der Waals surface area contributed by atoms with Crippen molar-refractivity contribution in [3.63, 3.8) is 0 Å². The van der Waals surface area contributed by atoms with Crippen molar-refractivity contribution in [1.82, 2.24) is 14.9 Å². The van der Waals surface area contributed by atoms with Gasteiger partial charge in [0.1, 0.15) is 23.6 Å². The number of nitrogens with zero attached hydrogens (tertiary/aromatic N) is 2. The number of nitrogens with one attached hydrogen (secondary N) is 1. The third kappa shape index (κ3) is 4.66. The Bertz CT molecular complexity index is 1120. The molecule has 0 aliphatic rings. The van der Waals surface area contributed by atoms with Crippen LogP contribution in [0.4, 0.5) is 4.39 Å². The van der Waals surface area contributed by atoms with Crippen LogP contribution in [0.1, 0.15) is 28.5 Å². The minimum Gasteiger partial charge on any atom is -0.462 e. The van der Waals surface area contributed by atoms with Crippen LogP contribution in [0, 0.1) is 12.7 Å². The van der Waals surface area contributed by atoms with Gasteiger partial charge < -0.3 is 14.6 Å². The van der Waals surface area contributed by atoms with E-state index in [1.54, 1.807) is 38.1 Å². The summed E-state index contributed by atoms with van der Waals surface area (Å²) in [6, 6.07) is 9.03. The molecule has 0 atom stereocenters. The normalized spacial score (nSPS) is 10.7. The third-order valence-electron chi connectivity index (χ3n) is 4.27. The number of fused-ring (bicyclic) bond motifs is 1. The number of hydrogen-bond donors (Lipinski definition) is 1. The van der Waals surface area contributed by atoms with E-state index < -0.39 is 11.4 Å². The summed E-state index contributed by atoms with van der Waals surface area (Å²) in [5, 5.41) is 2.96. The van der Waals surface area contributed by atoms with E-state index in [0.29, 0.717) is 11.3 Å². The molecule has 150 valence electrons. The molecule has 0 saturated carbocycles. The molecule has 3 aromatic rings. The number of hydrogen-bond acceptors (Lipinski definition) is 5. The predicted octanol–water partition coefficient (Wildman–Crippen LogP) is 2.34. The molecule has 1 amide bonds. The average Bonchev–Trinajstić information content (AvgIpc) is 2.69. The van der Waals surface area contributed by atoms with Crippen molar-refractivity contribution in [3.8, 4) is 0 Å². The van der Waals surface area contributed by atoms with Gasteiger partial charge in [0.15, 0.2) is 0 Å². The lowest BCUT2D eigenvalue weighted by Crippen LogP contribution is -2.29. The lowest BCUT2D eigenvalue weighted by molar-refractivity contribution is -0.121. The SMILES string of the molecule is CCOC(=O)c1cn(CC(=O)NCc2ccc(F)cc2)c2nc(C)ccc2c1=O. The van der Waals surface area contributed by atoms with Crippen LogP contribution in [0.3, 0.4) is 0 Å². The third-order valence-corrected chi connectivity index (χ3v) is 4.27. The first kappa shape index (κ1) is 20.2. The van der Waals surface area contributed by atoms with Crippen molar-refractivity contribution in [2.24, 2.45) is 0 Å². The molecule has 2 heterocycles. The minimum atomic E-state index is -0.750. The first-order valence-electron chi connectivity index (χ1n) is 9.08. The minimum absolute atomic E-state index is 0.126. The maximum absolute atomic E-state index is 13.0. The van der Waals surface area contributed by atoms with Gasteiger partial charge in [0, 0.05) is 18.4 Å². The van der Waals surface area contributed by atoms with Gasteiger partial charge in [0.25, 0.3) is 0 Å². The number of halogens is 1. The number of rotatable bonds is 6. The van der Waals surface area contributed by atoms with E-state index in [0.717, 1.165) is 5.56 Å². The zero-order valence-electron chi connectivity index (χ0n) is 16.1. The quantitative estimate of drug-likeness (QED) is 0.645. The molecule has 7 nitrogen and oxygen atoms in total. The van der Waals surface area contributed by atoms with E-state index in [4.69, 9.17) is 4.74 Å². The Morgan fingerprint density at radius 1 is 1.17 bits per heavy atom. The Hall–Kier alpha value is -3.55. The van der Waals surface area contributed by atoms with Crippen molar-refractivity contribution < 1.29 is 18.7 Å². The van der Waals surface area contributed by atoms with E-state index in [1.165, 1.54) is 22.9 Å². The van der Waals surface area contributed by atoms with Gasteiger partial charge >= 0.3 is 5.97 Å². The molecule has 29 heavy (non-hydrogen) atoms. The number of carbonyl (C=O) groups excluding carboxylic acids is 2. The second kappa shape index (κ2) is 8.64. The first-order chi connectivity index (χ1) is 13.9. The predicted molar refractivity (Wildman–Crippen MR) is 105 cm³/mol. The van der Waals surface area contributed by atoms with Crippen LogP contribution < -0.4 is 10.7 Å². The highest BCUT2D eigenvalue weighted by Crippen LogP contribution is 2.12. The van der Waals surface area contributed by atoms with Gasteiger partial charge in [0.2, 0.25) is 11.3 Å². The van der Waals surface area contributed by atoms with E-state index >= 15 is 0 Å². The molecule has 0 bridgehead atoms. The maximum atomic E-state index is 13.0.